The van der Waals surface area contributed by atoms with Crippen molar-refractivity contribution in [2.75, 3.05) is 36.8 Å². The molecule has 3 heterocycles. The summed E-state index contributed by atoms with van der Waals surface area (Å²) >= 11 is 0. The molecule has 1 fully saturated rings. The molecule has 0 radical (unpaired) electrons. The van der Waals surface area contributed by atoms with E-state index >= 15 is 0 Å². The molecule has 26 heavy (non-hydrogen) atoms. The van der Waals surface area contributed by atoms with Crippen LogP contribution in [0, 0.1) is 0 Å². The van der Waals surface area contributed by atoms with E-state index in [0.717, 1.165) is 0 Å². The monoisotopic (exact) mass is 373 g/mol. The van der Waals surface area contributed by atoms with Crippen LogP contribution in [-0.4, -0.2) is 58.7 Å². The van der Waals surface area contributed by atoms with Gasteiger partial charge in [-0.1, -0.05) is 18.2 Å². The van der Waals surface area contributed by atoms with E-state index < -0.39 is 10.0 Å². The van der Waals surface area contributed by atoms with Gasteiger partial charge >= 0.3 is 0 Å². The summed E-state index contributed by atoms with van der Waals surface area (Å²) in [5.41, 5.74) is 6.67. The SMILES string of the molecule is Cn1ncc2c(N)nc(N3CCN(S(=O)(=O)c4ccccc4)CC3)nc21. The highest BCUT2D eigenvalue weighted by Gasteiger charge is 2.29. The maximum Gasteiger partial charge on any atom is 0.243 e. The van der Waals surface area contributed by atoms with Crippen LogP contribution in [0.25, 0.3) is 11.0 Å². The van der Waals surface area contributed by atoms with Crippen LogP contribution in [0.3, 0.4) is 0 Å². The minimum absolute atomic E-state index is 0.310. The summed E-state index contributed by atoms with van der Waals surface area (Å²) in [5, 5.41) is 4.86. The molecule has 3 aromatic rings. The van der Waals surface area contributed by atoms with Gasteiger partial charge in [-0.2, -0.15) is 19.4 Å². The molecule has 0 aliphatic carbocycles. The van der Waals surface area contributed by atoms with Crippen LogP contribution >= 0.6 is 0 Å². The molecule has 1 aliphatic rings. The molecule has 9 nitrogen and oxygen atoms in total. The Bertz CT molecular complexity index is 1040. The second-order valence-electron chi connectivity index (χ2n) is 6.12. The largest absolute Gasteiger partial charge is 0.383 e. The number of nitrogens with zero attached hydrogens (tertiary/aromatic N) is 6. The number of hydrogen-bond donors (Lipinski definition) is 1. The maximum atomic E-state index is 12.7. The molecule has 2 aromatic heterocycles. The highest BCUT2D eigenvalue weighted by atomic mass is 32.2. The lowest BCUT2D eigenvalue weighted by Crippen LogP contribution is -2.49. The normalized spacial score (nSPS) is 16.3. The minimum atomic E-state index is -3.48. The van der Waals surface area contributed by atoms with Crippen LogP contribution in [0.15, 0.2) is 41.4 Å². The fourth-order valence-electron chi connectivity index (χ4n) is 3.04. The molecular weight excluding hydrogens is 354 g/mol. The van der Waals surface area contributed by atoms with Gasteiger partial charge in [-0.05, 0) is 12.1 Å². The van der Waals surface area contributed by atoms with Crippen molar-refractivity contribution >= 4 is 32.8 Å². The van der Waals surface area contributed by atoms with E-state index in [9.17, 15) is 8.42 Å². The lowest BCUT2D eigenvalue weighted by Gasteiger charge is -2.34. The molecule has 0 bridgehead atoms. The first-order valence-corrected chi connectivity index (χ1v) is 9.66. The van der Waals surface area contributed by atoms with E-state index in [1.165, 1.54) is 4.31 Å². The van der Waals surface area contributed by atoms with E-state index in [1.54, 1.807) is 48.3 Å². The topological polar surface area (TPSA) is 110 Å². The van der Waals surface area contributed by atoms with Crippen molar-refractivity contribution in [3.63, 3.8) is 0 Å². The van der Waals surface area contributed by atoms with Crippen molar-refractivity contribution in [3.8, 4) is 0 Å². The molecule has 1 aliphatic heterocycles. The summed E-state index contributed by atoms with van der Waals surface area (Å²) in [4.78, 5) is 11.1. The Kier molecular flexibility index (Phi) is 4.00. The van der Waals surface area contributed by atoms with Gasteiger partial charge in [-0.3, -0.25) is 4.68 Å². The number of aromatic nitrogens is 4. The summed E-state index contributed by atoms with van der Waals surface area (Å²) in [6, 6.07) is 8.47. The molecule has 0 spiro atoms. The highest BCUT2D eigenvalue weighted by molar-refractivity contribution is 7.89. The highest BCUT2D eigenvalue weighted by Crippen LogP contribution is 2.23. The van der Waals surface area contributed by atoms with Crippen LogP contribution in [-0.2, 0) is 17.1 Å². The Morgan fingerprint density at radius 2 is 1.73 bits per heavy atom. The Morgan fingerprint density at radius 3 is 2.42 bits per heavy atom. The Morgan fingerprint density at radius 1 is 1.04 bits per heavy atom. The third kappa shape index (κ3) is 2.76. The van der Waals surface area contributed by atoms with Gasteiger partial charge in [0.2, 0.25) is 16.0 Å². The van der Waals surface area contributed by atoms with Crippen molar-refractivity contribution in [3.05, 3.63) is 36.5 Å². The summed E-state index contributed by atoms with van der Waals surface area (Å²) in [7, 11) is -1.69. The molecule has 0 saturated carbocycles. The third-order valence-electron chi connectivity index (χ3n) is 4.51. The second-order valence-corrected chi connectivity index (χ2v) is 8.06. The minimum Gasteiger partial charge on any atom is -0.383 e. The van der Waals surface area contributed by atoms with Crippen molar-refractivity contribution in [2.24, 2.45) is 7.05 Å². The van der Waals surface area contributed by atoms with Crippen LogP contribution in [0.4, 0.5) is 11.8 Å². The average molecular weight is 373 g/mol. The fourth-order valence-corrected chi connectivity index (χ4v) is 4.49. The molecule has 10 heteroatoms. The Balaban J connectivity index is 1.55. The molecule has 1 saturated heterocycles. The van der Waals surface area contributed by atoms with Gasteiger partial charge in [0.25, 0.3) is 0 Å². The quantitative estimate of drug-likeness (QED) is 0.710. The number of nitrogen functional groups attached to an aromatic ring is 1. The molecule has 0 unspecified atom stereocenters. The standard InChI is InChI=1S/C16H19N7O2S/c1-21-15-13(11-18-21)14(17)19-16(20-15)22-7-9-23(10-8-22)26(24,25)12-5-3-2-4-6-12/h2-6,11H,7-10H2,1H3,(H2,17,19,20). The van der Waals surface area contributed by atoms with E-state index in [0.29, 0.717) is 53.9 Å². The van der Waals surface area contributed by atoms with Crippen molar-refractivity contribution in [1.29, 1.82) is 0 Å². The first-order chi connectivity index (χ1) is 12.5. The average Bonchev–Trinajstić information content (AvgIpc) is 3.04. The summed E-state index contributed by atoms with van der Waals surface area (Å²) < 4.78 is 28.6. The number of sulfonamides is 1. The van der Waals surface area contributed by atoms with Crippen molar-refractivity contribution in [1.82, 2.24) is 24.1 Å². The smallest absolute Gasteiger partial charge is 0.243 e. The fraction of sp³-hybridized carbons (Fsp3) is 0.312. The van der Waals surface area contributed by atoms with E-state index in [2.05, 4.69) is 15.1 Å². The number of rotatable bonds is 3. The summed E-state index contributed by atoms with van der Waals surface area (Å²) in [5.74, 6) is 0.868. The lowest BCUT2D eigenvalue weighted by molar-refractivity contribution is 0.382. The van der Waals surface area contributed by atoms with Crippen LogP contribution in [0.2, 0.25) is 0 Å². The van der Waals surface area contributed by atoms with Gasteiger partial charge in [0.1, 0.15) is 5.82 Å². The molecule has 136 valence electrons. The number of anilines is 2. The third-order valence-corrected chi connectivity index (χ3v) is 6.43. The number of benzene rings is 1. The number of hydrogen-bond acceptors (Lipinski definition) is 7. The van der Waals surface area contributed by atoms with Gasteiger partial charge in [0, 0.05) is 33.2 Å². The van der Waals surface area contributed by atoms with Gasteiger partial charge in [-0.15, -0.1) is 0 Å². The summed E-state index contributed by atoms with van der Waals surface area (Å²) in [6.07, 6.45) is 1.64. The van der Waals surface area contributed by atoms with Crippen molar-refractivity contribution in [2.45, 2.75) is 4.90 Å². The van der Waals surface area contributed by atoms with Crippen molar-refractivity contribution < 1.29 is 8.42 Å². The number of nitrogens with two attached hydrogens (primary N) is 1. The maximum absolute atomic E-state index is 12.7. The Hall–Kier alpha value is -2.72. The van der Waals surface area contributed by atoms with Gasteiger partial charge < -0.3 is 10.6 Å². The van der Waals surface area contributed by atoms with E-state index in [1.807, 2.05) is 4.90 Å². The number of piperazine rings is 1. The van der Waals surface area contributed by atoms with Crippen LogP contribution in [0.5, 0.6) is 0 Å². The zero-order chi connectivity index (χ0) is 18.3. The number of fused-ring (bicyclic) bond motifs is 1. The van der Waals surface area contributed by atoms with Gasteiger partial charge in [-0.25, -0.2) is 8.42 Å². The van der Waals surface area contributed by atoms with Crippen LogP contribution in [0.1, 0.15) is 0 Å². The molecule has 1 aromatic carbocycles. The predicted octanol–water partition coefficient (Wildman–Crippen LogP) is 0.456. The lowest BCUT2D eigenvalue weighted by atomic mass is 10.3. The van der Waals surface area contributed by atoms with E-state index in [4.69, 9.17) is 5.73 Å². The molecule has 4 rings (SSSR count). The van der Waals surface area contributed by atoms with Gasteiger partial charge in [0.15, 0.2) is 5.65 Å². The molecular formula is C16H19N7O2S. The first kappa shape index (κ1) is 16.7. The molecule has 2 N–H and O–H groups in total. The van der Waals surface area contributed by atoms with Crippen LogP contribution < -0.4 is 10.6 Å². The predicted molar refractivity (Wildman–Crippen MR) is 98.1 cm³/mol. The van der Waals surface area contributed by atoms with Gasteiger partial charge in [0.05, 0.1) is 16.5 Å². The zero-order valence-corrected chi connectivity index (χ0v) is 15.1. The second kappa shape index (κ2) is 6.22. The first-order valence-electron chi connectivity index (χ1n) is 8.22. The zero-order valence-electron chi connectivity index (χ0n) is 14.3. The number of aryl methyl sites for hydroxylation is 1. The Labute approximate surface area is 151 Å². The van der Waals surface area contributed by atoms with E-state index in [-0.39, 0.29) is 0 Å². The molecule has 0 amide bonds. The molecule has 0 atom stereocenters. The summed E-state index contributed by atoms with van der Waals surface area (Å²) in [6.45, 7) is 1.72.